The van der Waals surface area contributed by atoms with E-state index in [1.165, 1.54) is 0 Å². The molecule has 0 aromatic heterocycles. The second-order valence-electron chi connectivity index (χ2n) is 3.23. The predicted molar refractivity (Wildman–Crippen MR) is 73.8 cm³/mol. The van der Waals surface area contributed by atoms with Crippen LogP contribution in [0.4, 0.5) is 0 Å². The van der Waals surface area contributed by atoms with Crippen LogP contribution in [0.3, 0.4) is 0 Å². The normalized spacial score (nSPS) is 9.25. The minimum atomic E-state index is 0. The lowest BCUT2D eigenvalue weighted by Gasteiger charge is -2.17. The molecular formula is C10H25Cl2N3O. The zero-order valence-electron chi connectivity index (χ0n) is 10.4. The van der Waals surface area contributed by atoms with Crippen molar-refractivity contribution in [3.8, 4) is 0 Å². The van der Waals surface area contributed by atoms with Gasteiger partial charge in [-0.15, -0.1) is 24.8 Å². The zero-order chi connectivity index (χ0) is 10.8. The Morgan fingerprint density at radius 1 is 1.12 bits per heavy atom. The fourth-order valence-electron chi connectivity index (χ4n) is 1.22. The van der Waals surface area contributed by atoms with Crippen LogP contribution in [0.5, 0.6) is 0 Å². The van der Waals surface area contributed by atoms with Crippen molar-refractivity contribution in [2.45, 2.75) is 20.3 Å². The fraction of sp³-hybridized carbons (Fsp3) is 0.900. The number of carbonyl (C=O) groups is 1. The summed E-state index contributed by atoms with van der Waals surface area (Å²) in [6.45, 7) is 8.80. The Hall–Kier alpha value is -0.0300. The van der Waals surface area contributed by atoms with E-state index >= 15 is 0 Å². The maximum atomic E-state index is 11.2. The molecule has 0 aliphatic rings. The van der Waals surface area contributed by atoms with Crippen LogP contribution >= 0.6 is 24.8 Å². The van der Waals surface area contributed by atoms with Crippen LogP contribution in [-0.4, -0.2) is 50.6 Å². The molecule has 0 atom stereocenters. The second kappa shape index (κ2) is 15.0. The van der Waals surface area contributed by atoms with Crippen LogP contribution in [0.1, 0.15) is 20.3 Å². The molecule has 0 saturated carbocycles. The quantitative estimate of drug-likeness (QED) is 0.691. The van der Waals surface area contributed by atoms with Crippen LogP contribution in [0, 0.1) is 0 Å². The first-order valence-corrected chi connectivity index (χ1v) is 5.38. The maximum Gasteiger partial charge on any atom is 0.221 e. The van der Waals surface area contributed by atoms with Crippen LogP contribution in [0.25, 0.3) is 0 Å². The molecule has 0 heterocycles. The minimum Gasteiger partial charge on any atom is -0.355 e. The molecule has 0 rings (SSSR count). The Morgan fingerprint density at radius 3 is 2.12 bits per heavy atom. The molecule has 0 radical (unpaired) electrons. The Kier molecular flexibility index (Phi) is 19.9. The predicted octanol–water partition coefficient (Wildman–Crippen LogP) is 0.897. The third-order valence-electron chi connectivity index (χ3n) is 2.25. The van der Waals surface area contributed by atoms with E-state index in [2.05, 4.69) is 29.4 Å². The molecule has 0 aliphatic carbocycles. The molecule has 100 valence electrons. The average molecular weight is 274 g/mol. The van der Waals surface area contributed by atoms with Gasteiger partial charge in [-0.25, -0.2) is 0 Å². The molecule has 16 heavy (non-hydrogen) atoms. The number of likely N-dealkylation sites (N-methyl/N-ethyl adjacent to an activating group) is 1. The van der Waals surface area contributed by atoms with E-state index in [-0.39, 0.29) is 30.7 Å². The standard InChI is InChI=1S/C10H23N3O.2ClH/c1-4-13(5-2)9-8-12-10(14)6-7-11-3;;/h11H,4-9H2,1-3H3,(H,12,14);2*1H. The summed E-state index contributed by atoms with van der Waals surface area (Å²) in [7, 11) is 1.85. The van der Waals surface area contributed by atoms with E-state index in [0.29, 0.717) is 6.42 Å². The van der Waals surface area contributed by atoms with Gasteiger partial charge in [0.2, 0.25) is 5.91 Å². The van der Waals surface area contributed by atoms with Gasteiger partial charge < -0.3 is 15.5 Å². The maximum absolute atomic E-state index is 11.2. The first kappa shape index (κ1) is 21.3. The van der Waals surface area contributed by atoms with Crippen molar-refractivity contribution in [1.29, 1.82) is 0 Å². The number of carbonyl (C=O) groups excluding carboxylic acids is 1. The van der Waals surface area contributed by atoms with Crippen molar-refractivity contribution < 1.29 is 4.79 Å². The number of hydrogen-bond donors (Lipinski definition) is 2. The monoisotopic (exact) mass is 273 g/mol. The summed E-state index contributed by atoms with van der Waals surface area (Å²) in [6, 6.07) is 0. The summed E-state index contributed by atoms with van der Waals surface area (Å²) in [5.41, 5.74) is 0. The molecule has 0 aliphatic heterocycles. The Balaban J connectivity index is -0.000000845. The van der Waals surface area contributed by atoms with Gasteiger partial charge in [0, 0.05) is 26.1 Å². The van der Waals surface area contributed by atoms with Gasteiger partial charge in [-0.1, -0.05) is 13.8 Å². The van der Waals surface area contributed by atoms with Gasteiger partial charge in [0.25, 0.3) is 0 Å². The number of nitrogens with zero attached hydrogens (tertiary/aromatic N) is 1. The summed E-state index contributed by atoms with van der Waals surface area (Å²) in [6.07, 6.45) is 0.564. The highest BCUT2D eigenvalue weighted by Crippen LogP contribution is 1.84. The van der Waals surface area contributed by atoms with E-state index in [1.807, 2.05) is 7.05 Å². The third-order valence-corrected chi connectivity index (χ3v) is 2.25. The Labute approximate surface area is 111 Å². The van der Waals surface area contributed by atoms with Crippen molar-refractivity contribution in [3.05, 3.63) is 0 Å². The SMILES string of the molecule is CCN(CC)CCNC(=O)CCNC.Cl.Cl. The fourth-order valence-corrected chi connectivity index (χ4v) is 1.22. The van der Waals surface area contributed by atoms with Crippen LogP contribution < -0.4 is 10.6 Å². The van der Waals surface area contributed by atoms with Crippen LogP contribution in [-0.2, 0) is 4.79 Å². The molecule has 0 fully saturated rings. The summed E-state index contributed by atoms with van der Waals surface area (Å²) in [4.78, 5) is 13.5. The highest BCUT2D eigenvalue weighted by Gasteiger charge is 2.01. The van der Waals surface area contributed by atoms with Crippen LogP contribution in [0.2, 0.25) is 0 Å². The van der Waals surface area contributed by atoms with Crippen LogP contribution in [0.15, 0.2) is 0 Å². The van der Waals surface area contributed by atoms with Crippen molar-refractivity contribution in [2.24, 2.45) is 0 Å². The zero-order valence-corrected chi connectivity index (χ0v) is 12.0. The van der Waals surface area contributed by atoms with Crippen molar-refractivity contribution in [1.82, 2.24) is 15.5 Å². The summed E-state index contributed by atoms with van der Waals surface area (Å²) < 4.78 is 0. The molecule has 0 saturated heterocycles. The highest BCUT2D eigenvalue weighted by atomic mass is 35.5. The van der Waals surface area contributed by atoms with Crippen molar-refractivity contribution in [2.75, 3.05) is 39.8 Å². The number of halogens is 2. The Morgan fingerprint density at radius 2 is 1.69 bits per heavy atom. The molecule has 0 unspecified atom stereocenters. The molecule has 0 aromatic rings. The smallest absolute Gasteiger partial charge is 0.221 e. The lowest BCUT2D eigenvalue weighted by molar-refractivity contribution is -0.121. The van der Waals surface area contributed by atoms with E-state index < -0.39 is 0 Å². The number of rotatable bonds is 8. The van der Waals surface area contributed by atoms with Crippen molar-refractivity contribution in [3.63, 3.8) is 0 Å². The van der Waals surface area contributed by atoms with Gasteiger partial charge in [-0.3, -0.25) is 4.79 Å². The topological polar surface area (TPSA) is 44.4 Å². The van der Waals surface area contributed by atoms with E-state index in [0.717, 1.165) is 32.7 Å². The molecule has 2 N–H and O–H groups in total. The summed E-state index contributed by atoms with van der Waals surface area (Å²) in [5, 5.41) is 5.84. The van der Waals surface area contributed by atoms with E-state index in [9.17, 15) is 4.79 Å². The third kappa shape index (κ3) is 12.0. The summed E-state index contributed by atoms with van der Waals surface area (Å²) in [5.74, 6) is 0.131. The average Bonchev–Trinajstić information content (AvgIpc) is 2.21. The largest absolute Gasteiger partial charge is 0.355 e. The lowest BCUT2D eigenvalue weighted by atomic mass is 10.4. The first-order valence-electron chi connectivity index (χ1n) is 5.38. The van der Waals surface area contributed by atoms with Gasteiger partial charge in [-0.05, 0) is 20.1 Å². The summed E-state index contributed by atoms with van der Waals surface area (Å²) >= 11 is 0. The number of nitrogens with one attached hydrogen (secondary N) is 2. The van der Waals surface area contributed by atoms with Gasteiger partial charge in [0.05, 0.1) is 0 Å². The highest BCUT2D eigenvalue weighted by molar-refractivity contribution is 5.85. The van der Waals surface area contributed by atoms with E-state index in [1.54, 1.807) is 0 Å². The van der Waals surface area contributed by atoms with E-state index in [4.69, 9.17) is 0 Å². The second-order valence-corrected chi connectivity index (χ2v) is 3.23. The number of hydrogen-bond acceptors (Lipinski definition) is 3. The molecule has 4 nitrogen and oxygen atoms in total. The Bertz CT molecular complexity index is 155. The molecule has 0 bridgehead atoms. The molecule has 6 heteroatoms. The molecule has 0 spiro atoms. The first-order chi connectivity index (χ1) is 6.74. The van der Waals surface area contributed by atoms with Gasteiger partial charge in [-0.2, -0.15) is 0 Å². The van der Waals surface area contributed by atoms with Gasteiger partial charge in [0.15, 0.2) is 0 Å². The molecular weight excluding hydrogens is 249 g/mol. The van der Waals surface area contributed by atoms with Gasteiger partial charge in [0.1, 0.15) is 0 Å². The molecule has 0 aromatic carbocycles. The lowest BCUT2D eigenvalue weighted by Crippen LogP contribution is -2.35. The number of amides is 1. The molecule has 1 amide bonds. The minimum absolute atomic E-state index is 0. The van der Waals surface area contributed by atoms with Crippen molar-refractivity contribution >= 4 is 30.7 Å². The van der Waals surface area contributed by atoms with Gasteiger partial charge >= 0.3 is 0 Å².